The van der Waals surface area contributed by atoms with Crippen molar-refractivity contribution in [3.8, 4) is 11.8 Å². The van der Waals surface area contributed by atoms with Crippen LogP contribution in [0.2, 0.25) is 0 Å². The molecule has 0 saturated heterocycles. The Hall–Kier alpha value is -1.50. The lowest BCUT2D eigenvalue weighted by molar-refractivity contribution is -0.140. The SMILES string of the molecule is [2H]C([2H])(C#CC([2H])([2H])OC(C)=O)OC(C)=O. The molecule has 0 N–H and O–H groups in total. The molecule has 4 nitrogen and oxygen atoms in total. The highest BCUT2D eigenvalue weighted by atomic mass is 16.5. The molecule has 0 aromatic heterocycles. The van der Waals surface area contributed by atoms with Crippen molar-refractivity contribution in [1.29, 1.82) is 0 Å². The fraction of sp³-hybridized carbons (Fsp3) is 0.500. The topological polar surface area (TPSA) is 52.6 Å². The van der Waals surface area contributed by atoms with Crippen molar-refractivity contribution in [1.82, 2.24) is 0 Å². The molecular weight excluding hydrogens is 160 g/mol. The van der Waals surface area contributed by atoms with Crippen molar-refractivity contribution >= 4 is 11.9 Å². The third kappa shape index (κ3) is 8.50. The molecule has 0 unspecified atom stereocenters. The van der Waals surface area contributed by atoms with Crippen LogP contribution in [0.15, 0.2) is 0 Å². The van der Waals surface area contributed by atoms with Crippen LogP contribution < -0.4 is 0 Å². The van der Waals surface area contributed by atoms with Crippen LogP contribution in [0.25, 0.3) is 0 Å². The summed E-state index contributed by atoms with van der Waals surface area (Å²) in [5.41, 5.74) is 0. The molecule has 0 aromatic carbocycles. The molecule has 0 rings (SSSR count). The summed E-state index contributed by atoms with van der Waals surface area (Å²) >= 11 is 0. The van der Waals surface area contributed by atoms with Gasteiger partial charge in [-0.3, -0.25) is 9.59 Å². The van der Waals surface area contributed by atoms with E-state index in [0.717, 1.165) is 13.8 Å². The fourth-order valence-electron chi connectivity index (χ4n) is 0.246. The fourth-order valence-corrected chi connectivity index (χ4v) is 0.246. The first kappa shape index (κ1) is 5.20. The Kier molecular flexibility index (Phi) is 2.70. The Balaban J connectivity index is 4.69. The molecule has 4 heteroatoms. The molecule has 0 spiro atoms. The number of esters is 2. The summed E-state index contributed by atoms with van der Waals surface area (Å²) in [7, 11) is 0. The molecule has 0 aromatic rings. The largest absolute Gasteiger partial charge is 0.453 e. The second kappa shape index (κ2) is 6.23. The van der Waals surface area contributed by atoms with E-state index in [1.54, 1.807) is 11.8 Å². The van der Waals surface area contributed by atoms with Gasteiger partial charge in [-0.1, -0.05) is 11.8 Å². The van der Waals surface area contributed by atoms with Crippen LogP contribution in [-0.2, 0) is 19.1 Å². The summed E-state index contributed by atoms with van der Waals surface area (Å²) in [6.07, 6.45) is 0. The quantitative estimate of drug-likeness (QED) is 0.440. The van der Waals surface area contributed by atoms with Crippen LogP contribution in [-0.4, -0.2) is 25.1 Å². The zero-order chi connectivity index (χ0) is 13.0. The van der Waals surface area contributed by atoms with Crippen LogP contribution in [0.3, 0.4) is 0 Å². The van der Waals surface area contributed by atoms with Gasteiger partial charge in [-0.25, -0.2) is 0 Å². The van der Waals surface area contributed by atoms with Gasteiger partial charge in [0.25, 0.3) is 0 Å². The van der Waals surface area contributed by atoms with E-state index in [9.17, 15) is 9.59 Å². The van der Waals surface area contributed by atoms with Crippen molar-refractivity contribution in [2.24, 2.45) is 0 Å². The van der Waals surface area contributed by atoms with Crippen molar-refractivity contribution < 1.29 is 24.5 Å². The number of hydrogen-bond acceptors (Lipinski definition) is 4. The molecule has 0 aliphatic heterocycles. The third-order valence-electron chi connectivity index (χ3n) is 0.554. The van der Waals surface area contributed by atoms with E-state index >= 15 is 0 Å². The normalized spacial score (nSPS) is 15.2. The maximum absolute atomic E-state index is 10.5. The second-order valence-corrected chi connectivity index (χ2v) is 1.64. The molecule has 0 radical (unpaired) electrons. The average Bonchev–Trinajstić information content (AvgIpc) is 1.96. The molecule has 0 bridgehead atoms. The molecule has 0 aliphatic rings. The summed E-state index contributed by atoms with van der Waals surface area (Å²) in [4.78, 5) is 20.9. The average molecular weight is 174 g/mol. The molecule has 0 saturated carbocycles. The Morgan fingerprint density at radius 1 is 1.17 bits per heavy atom. The number of carbonyl (C=O) groups excluding carboxylic acids is 2. The van der Waals surface area contributed by atoms with Gasteiger partial charge in [-0.05, 0) is 0 Å². The van der Waals surface area contributed by atoms with E-state index in [0.29, 0.717) is 0 Å². The molecule has 12 heavy (non-hydrogen) atoms. The lowest BCUT2D eigenvalue weighted by atomic mass is 10.6. The Morgan fingerprint density at radius 2 is 1.50 bits per heavy atom. The predicted molar refractivity (Wildman–Crippen MR) is 41.0 cm³/mol. The van der Waals surface area contributed by atoms with Crippen LogP contribution in [0.1, 0.15) is 19.3 Å². The number of ether oxygens (including phenoxy) is 2. The van der Waals surface area contributed by atoms with E-state index in [4.69, 9.17) is 5.48 Å². The van der Waals surface area contributed by atoms with E-state index in [-0.39, 0.29) is 0 Å². The first-order valence-corrected chi connectivity index (χ1v) is 2.97. The molecule has 0 amide bonds. The lowest BCUT2D eigenvalue weighted by Crippen LogP contribution is -2.00. The van der Waals surface area contributed by atoms with Gasteiger partial charge in [0.15, 0.2) is 13.1 Å². The van der Waals surface area contributed by atoms with Gasteiger partial charge in [-0.2, -0.15) is 0 Å². The highest BCUT2D eigenvalue weighted by Gasteiger charge is 1.87. The van der Waals surface area contributed by atoms with E-state index in [2.05, 4.69) is 9.47 Å². The Bertz CT molecular complexity index is 321. The van der Waals surface area contributed by atoms with Gasteiger partial charge in [-0.15, -0.1) is 0 Å². The highest BCUT2D eigenvalue weighted by Crippen LogP contribution is 1.75. The van der Waals surface area contributed by atoms with Crippen LogP contribution in [0.4, 0.5) is 0 Å². The number of hydrogen-bond donors (Lipinski definition) is 0. The molecule has 0 aliphatic carbocycles. The first-order chi connectivity index (χ1) is 7.04. The van der Waals surface area contributed by atoms with Gasteiger partial charge in [0.05, 0.1) is 5.48 Å². The summed E-state index contributed by atoms with van der Waals surface area (Å²) in [6.45, 7) is -3.28. The minimum absolute atomic E-state index is 0.896. The zero-order valence-corrected chi connectivity index (χ0v) is 6.63. The van der Waals surface area contributed by atoms with Gasteiger partial charge in [0, 0.05) is 13.8 Å². The zero-order valence-electron chi connectivity index (χ0n) is 10.6. The van der Waals surface area contributed by atoms with Crippen molar-refractivity contribution in [3.63, 3.8) is 0 Å². The van der Waals surface area contributed by atoms with E-state index < -0.39 is 25.1 Å². The minimum atomic E-state index is -2.63. The predicted octanol–water partition coefficient (Wildman–Crippen LogP) is 0.116. The standard InChI is InChI=1S/C8H10O4/c1-7(9)11-5-3-4-6-12-8(2)10/h5-6H2,1-2H3/i5D2,6D2. The summed E-state index contributed by atoms with van der Waals surface area (Å²) in [5.74, 6) is 1.66. The molecule has 0 heterocycles. The first-order valence-electron chi connectivity index (χ1n) is 4.97. The van der Waals surface area contributed by atoms with Crippen LogP contribution in [0.5, 0.6) is 0 Å². The Morgan fingerprint density at radius 3 is 1.75 bits per heavy atom. The number of rotatable bonds is 2. The van der Waals surface area contributed by atoms with Gasteiger partial charge >= 0.3 is 11.9 Å². The smallest absolute Gasteiger partial charge is 0.303 e. The van der Waals surface area contributed by atoms with Crippen molar-refractivity contribution in [3.05, 3.63) is 0 Å². The summed E-state index contributed by atoms with van der Waals surface area (Å²) < 4.78 is 36.6. The van der Waals surface area contributed by atoms with E-state index in [1.807, 2.05) is 0 Å². The number of carbonyl (C=O) groups is 2. The molecular formula is C8H10O4. The summed E-state index contributed by atoms with van der Waals surface area (Å²) in [5, 5.41) is 0. The molecule has 66 valence electrons. The van der Waals surface area contributed by atoms with Gasteiger partial charge in [0.1, 0.15) is 0 Å². The summed E-state index contributed by atoms with van der Waals surface area (Å²) in [6, 6.07) is 0. The monoisotopic (exact) mass is 174 g/mol. The van der Waals surface area contributed by atoms with Gasteiger partial charge in [0.2, 0.25) is 0 Å². The lowest BCUT2D eigenvalue weighted by Gasteiger charge is -1.92. The van der Waals surface area contributed by atoms with E-state index in [1.165, 1.54) is 0 Å². The van der Waals surface area contributed by atoms with Crippen molar-refractivity contribution in [2.75, 3.05) is 13.1 Å². The minimum Gasteiger partial charge on any atom is -0.453 e. The highest BCUT2D eigenvalue weighted by molar-refractivity contribution is 5.66. The van der Waals surface area contributed by atoms with Crippen molar-refractivity contribution in [2.45, 2.75) is 13.8 Å². The second-order valence-electron chi connectivity index (χ2n) is 1.64. The molecule has 0 fully saturated rings. The third-order valence-corrected chi connectivity index (χ3v) is 0.554. The van der Waals surface area contributed by atoms with Gasteiger partial charge < -0.3 is 9.47 Å². The Labute approximate surface area is 76.5 Å². The van der Waals surface area contributed by atoms with Crippen LogP contribution in [0, 0.1) is 11.8 Å². The maximum atomic E-state index is 10.5. The van der Waals surface area contributed by atoms with Crippen LogP contribution >= 0.6 is 0 Å². The maximum Gasteiger partial charge on any atom is 0.303 e. The molecule has 0 atom stereocenters.